The van der Waals surface area contributed by atoms with Gasteiger partial charge in [-0.15, -0.1) is 0 Å². The monoisotopic (exact) mass is 357 g/mol. The fourth-order valence-electron chi connectivity index (χ4n) is 2.46. The van der Waals surface area contributed by atoms with Gasteiger partial charge in [0.1, 0.15) is 5.75 Å². The minimum atomic E-state index is -0.580. The van der Waals surface area contributed by atoms with Crippen molar-refractivity contribution in [3.8, 4) is 5.75 Å². The standard InChI is InChI=1S/C19H19NO6/c1-12-4-7-18(25-3)15(8-12)10-19(22)26-11-17(21)14-6-5-13(2)16(9-14)20(23)24/h4-9H,10-11H2,1-3H3. The molecule has 26 heavy (non-hydrogen) atoms. The van der Waals surface area contributed by atoms with Gasteiger partial charge in [0.15, 0.2) is 6.61 Å². The van der Waals surface area contributed by atoms with Gasteiger partial charge in [-0.2, -0.15) is 0 Å². The lowest BCUT2D eigenvalue weighted by Gasteiger charge is -2.09. The fourth-order valence-corrected chi connectivity index (χ4v) is 2.46. The van der Waals surface area contributed by atoms with Crippen LogP contribution in [0.3, 0.4) is 0 Å². The van der Waals surface area contributed by atoms with E-state index in [1.165, 1.54) is 25.3 Å². The Morgan fingerprint density at radius 1 is 1.12 bits per heavy atom. The molecular formula is C19H19NO6. The van der Waals surface area contributed by atoms with Crippen LogP contribution < -0.4 is 4.74 Å². The molecule has 2 aromatic rings. The molecule has 7 nitrogen and oxygen atoms in total. The van der Waals surface area contributed by atoms with Gasteiger partial charge in [0.25, 0.3) is 5.69 Å². The van der Waals surface area contributed by atoms with Crippen LogP contribution in [-0.4, -0.2) is 30.4 Å². The summed E-state index contributed by atoms with van der Waals surface area (Å²) in [6.45, 7) is 3.00. The lowest BCUT2D eigenvalue weighted by molar-refractivity contribution is -0.385. The molecule has 0 amide bonds. The Morgan fingerprint density at radius 2 is 1.85 bits per heavy atom. The smallest absolute Gasteiger partial charge is 0.310 e. The maximum atomic E-state index is 12.1. The first-order valence-electron chi connectivity index (χ1n) is 7.89. The molecule has 0 saturated carbocycles. The number of benzene rings is 2. The molecule has 0 unspecified atom stereocenters. The van der Waals surface area contributed by atoms with Crippen LogP contribution in [0.25, 0.3) is 0 Å². The molecule has 2 aromatic carbocycles. The maximum Gasteiger partial charge on any atom is 0.310 e. The summed E-state index contributed by atoms with van der Waals surface area (Å²) >= 11 is 0. The number of ketones is 1. The largest absolute Gasteiger partial charge is 0.496 e. The van der Waals surface area contributed by atoms with Crippen molar-refractivity contribution < 1.29 is 24.0 Å². The highest BCUT2D eigenvalue weighted by Crippen LogP contribution is 2.21. The van der Waals surface area contributed by atoms with E-state index in [2.05, 4.69) is 0 Å². The van der Waals surface area contributed by atoms with Crippen LogP contribution >= 0.6 is 0 Å². The lowest BCUT2D eigenvalue weighted by Crippen LogP contribution is -2.16. The molecule has 2 rings (SSSR count). The molecule has 0 fully saturated rings. The van der Waals surface area contributed by atoms with Crippen molar-refractivity contribution in [1.29, 1.82) is 0 Å². The first-order valence-corrected chi connectivity index (χ1v) is 7.89. The van der Waals surface area contributed by atoms with Crippen LogP contribution in [0.5, 0.6) is 5.75 Å². The number of nitro benzene ring substituents is 1. The summed E-state index contributed by atoms with van der Waals surface area (Å²) in [6, 6.07) is 9.59. The van der Waals surface area contributed by atoms with Crippen molar-refractivity contribution in [2.75, 3.05) is 13.7 Å². The summed E-state index contributed by atoms with van der Waals surface area (Å²) in [5.74, 6) is -0.519. The molecule has 0 spiro atoms. The number of Topliss-reactive ketones (excluding diaryl/α,β-unsaturated/α-hetero) is 1. The van der Waals surface area contributed by atoms with Crippen molar-refractivity contribution in [2.45, 2.75) is 20.3 Å². The minimum absolute atomic E-state index is 0.0355. The summed E-state index contributed by atoms with van der Waals surface area (Å²) in [5, 5.41) is 11.0. The molecule has 0 aliphatic carbocycles. The predicted molar refractivity (Wildman–Crippen MR) is 94.6 cm³/mol. The van der Waals surface area contributed by atoms with Crippen molar-refractivity contribution in [1.82, 2.24) is 0 Å². The average molecular weight is 357 g/mol. The third kappa shape index (κ3) is 4.66. The van der Waals surface area contributed by atoms with Crippen molar-refractivity contribution in [3.63, 3.8) is 0 Å². The maximum absolute atomic E-state index is 12.1. The predicted octanol–water partition coefficient (Wildman–Crippen LogP) is 3.19. The molecule has 136 valence electrons. The molecular weight excluding hydrogens is 338 g/mol. The first kappa shape index (κ1) is 19.1. The third-order valence-corrected chi connectivity index (χ3v) is 3.86. The van der Waals surface area contributed by atoms with Crippen molar-refractivity contribution >= 4 is 17.4 Å². The van der Waals surface area contributed by atoms with E-state index in [1.807, 2.05) is 19.1 Å². The van der Waals surface area contributed by atoms with Crippen LogP contribution in [-0.2, 0) is 16.0 Å². The Kier molecular flexibility index (Phi) is 6.06. The number of carbonyl (C=O) groups excluding carboxylic acids is 2. The summed E-state index contributed by atoms with van der Waals surface area (Å²) in [4.78, 5) is 34.6. The molecule has 0 bridgehead atoms. The highest BCUT2D eigenvalue weighted by atomic mass is 16.6. The van der Waals surface area contributed by atoms with Crippen molar-refractivity contribution in [3.05, 3.63) is 68.8 Å². The molecule has 0 N–H and O–H groups in total. The Bertz CT molecular complexity index is 859. The summed E-state index contributed by atoms with van der Waals surface area (Å²) in [5.41, 5.74) is 2.07. The number of nitrogens with zero attached hydrogens (tertiary/aromatic N) is 1. The van der Waals surface area contributed by atoms with Gasteiger partial charge in [-0.05, 0) is 19.9 Å². The van der Waals surface area contributed by atoms with Gasteiger partial charge in [-0.25, -0.2) is 0 Å². The zero-order chi connectivity index (χ0) is 19.3. The summed E-state index contributed by atoms with van der Waals surface area (Å²) in [7, 11) is 1.51. The fraction of sp³-hybridized carbons (Fsp3) is 0.263. The third-order valence-electron chi connectivity index (χ3n) is 3.86. The van der Waals surface area contributed by atoms with Crippen LogP contribution in [0.1, 0.15) is 27.0 Å². The van der Waals surface area contributed by atoms with E-state index >= 15 is 0 Å². The first-order chi connectivity index (χ1) is 12.3. The number of rotatable bonds is 7. The van der Waals surface area contributed by atoms with E-state index in [4.69, 9.17) is 9.47 Å². The van der Waals surface area contributed by atoms with Gasteiger partial charge >= 0.3 is 5.97 Å². The zero-order valence-corrected chi connectivity index (χ0v) is 14.8. The molecule has 0 radical (unpaired) electrons. The van der Waals surface area contributed by atoms with Crippen LogP contribution in [0.2, 0.25) is 0 Å². The van der Waals surface area contributed by atoms with E-state index in [0.717, 1.165) is 5.56 Å². The lowest BCUT2D eigenvalue weighted by atomic mass is 10.1. The number of hydrogen-bond donors (Lipinski definition) is 0. The number of nitro groups is 1. The quantitative estimate of drug-likeness (QED) is 0.327. The molecule has 0 heterocycles. The number of aryl methyl sites for hydroxylation is 2. The van der Waals surface area contributed by atoms with E-state index in [9.17, 15) is 19.7 Å². The number of methoxy groups -OCH3 is 1. The van der Waals surface area contributed by atoms with Crippen LogP contribution in [0.4, 0.5) is 5.69 Å². The molecule has 0 aliphatic heterocycles. The second-order valence-corrected chi connectivity index (χ2v) is 5.83. The number of ether oxygens (including phenoxy) is 2. The highest BCUT2D eigenvalue weighted by Gasteiger charge is 2.17. The van der Waals surface area contributed by atoms with E-state index in [1.54, 1.807) is 13.0 Å². The second-order valence-electron chi connectivity index (χ2n) is 5.83. The van der Waals surface area contributed by atoms with Crippen LogP contribution in [0.15, 0.2) is 36.4 Å². The van der Waals surface area contributed by atoms with E-state index in [-0.39, 0.29) is 17.7 Å². The normalized spacial score (nSPS) is 10.3. The van der Waals surface area contributed by atoms with Gasteiger partial charge in [0.05, 0.1) is 18.5 Å². The van der Waals surface area contributed by atoms with Crippen LogP contribution in [0, 0.1) is 24.0 Å². The Balaban J connectivity index is 2.01. The average Bonchev–Trinajstić information content (AvgIpc) is 2.60. The van der Waals surface area contributed by atoms with Crippen molar-refractivity contribution in [2.24, 2.45) is 0 Å². The van der Waals surface area contributed by atoms with Gasteiger partial charge in [0, 0.05) is 22.8 Å². The second kappa shape index (κ2) is 8.24. The summed E-state index contributed by atoms with van der Waals surface area (Å²) in [6.07, 6.45) is -0.0355. The van der Waals surface area contributed by atoms with Gasteiger partial charge < -0.3 is 9.47 Å². The number of carbonyl (C=O) groups is 2. The highest BCUT2D eigenvalue weighted by molar-refractivity contribution is 5.98. The molecule has 0 aliphatic rings. The van der Waals surface area contributed by atoms with Gasteiger partial charge in [-0.1, -0.05) is 29.8 Å². The van der Waals surface area contributed by atoms with E-state index in [0.29, 0.717) is 16.9 Å². The van der Waals surface area contributed by atoms with Gasteiger partial charge in [0.2, 0.25) is 5.78 Å². The summed E-state index contributed by atoms with van der Waals surface area (Å²) < 4.78 is 10.2. The Hall–Kier alpha value is -3.22. The zero-order valence-electron chi connectivity index (χ0n) is 14.8. The van der Waals surface area contributed by atoms with E-state index < -0.39 is 23.3 Å². The van der Waals surface area contributed by atoms with Gasteiger partial charge in [-0.3, -0.25) is 19.7 Å². The Labute approximate surface area is 150 Å². The SMILES string of the molecule is COc1ccc(C)cc1CC(=O)OCC(=O)c1ccc(C)c([N+](=O)[O-])c1. The number of hydrogen-bond acceptors (Lipinski definition) is 6. The molecule has 7 heteroatoms. The number of esters is 1. The molecule has 0 aromatic heterocycles. The Morgan fingerprint density at radius 3 is 2.50 bits per heavy atom. The molecule has 0 saturated heterocycles. The minimum Gasteiger partial charge on any atom is -0.496 e. The topological polar surface area (TPSA) is 95.7 Å². The molecule has 0 atom stereocenters.